The van der Waals surface area contributed by atoms with E-state index in [1.807, 2.05) is 30.3 Å². The molecule has 0 atom stereocenters. The molecule has 1 N–H and O–H groups in total. The fourth-order valence-electron chi connectivity index (χ4n) is 3.28. The molecular formula is C20H27N3O2S. The van der Waals surface area contributed by atoms with E-state index in [1.54, 1.807) is 18.0 Å². The molecule has 1 amide bonds. The van der Waals surface area contributed by atoms with Gasteiger partial charge < -0.3 is 14.6 Å². The van der Waals surface area contributed by atoms with Crippen LogP contribution in [0.15, 0.2) is 41.0 Å². The van der Waals surface area contributed by atoms with E-state index in [0.29, 0.717) is 23.4 Å². The molecule has 1 fully saturated rings. The normalized spacial score (nSPS) is 15.1. The average Bonchev–Trinajstić information content (AvgIpc) is 3.16. The molecule has 0 aliphatic carbocycles. The van der Waals surface area contributed by atoms with Gasteiger partial charge in [0.05, 0.1) is 11.4 Å². The number of rotatable bonds is 8. The minimum absolute atomic E-state index is 0.246. The van der Waals surface area contributed by atoms with Crippen molar-refractivity contribution in [3.8, 4) is 11.5 Å². The van der Waals surface area contributed by atoms with Crippen molar-refractivity contribution in [3.63, 3.8) is 0 Å². The van der Waals surface area contributed by atoms with Crippen LogP contribution in [0, 0.1) is 0 Å². The molecule has 0 radical (unpaired) electrons. The first kappa shape index (κ1) is 19.0. The number of nitrogens with one attached hydrogen (secondary N) is 1. The SMILES string of the molecule is CCCN(C(=O)CSCc1coc(-c2ccccc2)n1)C1CCNCC1. The van der Waals surface area contributed by atoms with E-state index in [2.05, 4.69) is 22.1 Å². The summed E-state index contributed by atoms with van der Waals surface area (Å²) < 4.78 is 5.56. The largest absolute Gasteiger partial charge is 0.444 e. The predicted molar refractivity (Wildman–Crippen MR) is 106 cm³/mol. The van der Waals surface area contributed by atoms with Crippen molar-refractivity contribution < 1.29 is 9.21 Å². The van der Waals surface area contributed by atoms with Gasteiger partial charge >= 0.3 is 0 Å². The molecule has 5 nitrogen and oxygen atoms in total. The molecule has 2 aromatic rings. The third-order valence-electron chi connectivity index (χ3n) is 4.58. The zero-order valence-corrected chi connectivity index (χ0v) is 16.1. The van der Waals surface area contributed by atoms with Crippen LogP contribution in [-0.4, -0.2) is 47.2 Å². The second kappa shape index (κ2) is 9.78. The van der Waals surface area contributed by atoms with E-state index in [1.165, 1.54) is 0 Å². The second-order valence-electron chi connectivity index (χ2n) is 6.57. The molecule has 1 aliphatic rings. The van der Waals surface area contributed by atoms with E-state index in [4.69, 9.17) is 4.42 Å². The van der Waals surface area contributed by atoms with Gasteiger partial charge in [-0.05, 0) is 44.5 Å². The number of hydrogen-bond donors (Lipinski definition) is 1. The molecule has 6 heteroatoms. The molecule has 26 heavy (non-hydrogen) atoms. The zero-order valence-electron chi connectivity index (χ0n) is 15.3. The van der Waals surface area contributed by atoms with Crippen LogP contribution in [0.5, 0.6) is 0 Å². The quantitative estimate of drug-likeness (QED) is 0.767. The molecule has 140 valence electrons. The minimum atomic E-state index is 0.246. The van der Waals surface area contributed by atoms with Gasteiger partial charge in [-0.15, -0.1) is 11.8 Å². The molecule has 3 rings (SSSR count). The van der Waals surface area contributed by atoms with Crippen molar-refractivity contribution in [2.75, 3.05) is 25.4 Å². The standard InChI is InChI=1S/C20H27N3O2S/c1-2-12-23(18-8-10-21-11-9-18)19(24)15-26-14-17-13-25-20(22-17)16-6-4-3-5-7-16/h3-7,13,18,21H,2,8-12,14-15H2,1H3. The molecular weight excluding hydrogens is 346 g/mol. The van der Waals surface area contributed by atoms with Crippen LogP contribution >= 0.6 is 11.8 Å². The summed E-state index contributed by atoms with van der Waals surface area (Å²) in [4.78, 5) is 19.3. The first-order chi connectivity index (χ1) is 12.8. The highest BCUT2D eigenvalue weighted by molar-refractivity contribution is 7.99. The lowest BCUT2D eigenvalue weighted by Crippen LogP contribution is -2.47. The number of benzene rings is 1. The Morgan fingerprint density at radius 2 is 2.08 bits per heavy atom. The summed E-state index contributed by atoms with van der Waals surface area (Å²) in [6.45, 7) is 5.00. The number of nitrogens with zero attached hydrogens (tertiary/aromatic N) is 2. The Bertz CT molecular complexity index is 683. The highest BCUT2D eigenvalue weighted by atomic mass is 32.2. The van der Waals surface area contributed by atoms with Crippen LogP contribution in [-0.2, 0) is 10.5 Å². The Kier molecular flexibility index (Phi) is 7.14. The van der Waals surface area contributed by atoms with Crippen molar-refractivity contribution in [1.82, 2.24) is 15.2 Å². The van der Waals surface area contributed by atoms with E-state index in [0.717, 1.165) is 50.2 Å². The van der Waals surface area contributed by atoms with E-state index >= 15 is 0 Å². The van der Waals surface area contributed by atoms with Gasteiger partial charge in [0.25, 0.3) is 0 Å². The first-order valence-corrected chi connectivity index (χ1v) is 10.5. The highest BCUT2D eigenvalue weighted by Crippen LogP contribution is 2.21. The molecule has 0 bridgehead atoms. The summed E-state index contributed by atoms with van der Waals surface area (Å²) in [5.41, 5.74) is 1.85. The lowest BCUT2D eigenvalue weighted by atomic mass is 10.0. The molecule has 0 spiro atoms. The van der Waals surface area contributed by atoms with Crippen LogP contribution in [0.4, 0.5) is 0 Å². The van der Waals surface area contributed by atoms with Crippen molar-refractivity contribution in [2.45, 2.75) is 38.0 Å². The Labute approximate surface area is 159 Å². The molecule has 1 aromatic heterocycles. The van der Waals surface area contributed by atoms with Gasteiger partial charge in [0.1, 0.15) is 6.26 Å². The smallest absolute Gasteiger partial charge is 0.232 e. The number of amides is 1. The van der Waals surface area contributed by atoms with E-state index in [-0.39, 0.29) is 5.91 Å². The lowest BCUT2D eigenvalue weighted by molar-refractivity contribution is -0.131. The number of carbonyl (C=O) groups is 1. The fourth-order valence-corrected chi connectivity index (χ4v) is 4.07. The third kappa shape index (κ3) is 5.11. The second-order valence-corrected chi connectivity index (χ2v) is 7.56. The predicted octanol–water partition coefficient (Wildman–Crippen LogP) is 3.57. The van der Waals surface area contributed by atoms with Crippen LogP contribution in [0.25, 0.3) is 11.5 Å². The maximum absolute atomic E-state index is 12.7. The summed E-state index contributed by atoms with van der Waals surface area (Å²) >= 11 is 1.61. The van der Waals surface area contributed by atoms with Gasteiger partial charge in [-0.1, -0.05) is 25.1 Å². The number of aromatic nitrogens is 1. The van der Waals surface area contributed by atoms with E-state index < -0.39 is 0 Å². The van der Waals surface area contributed by atoms with Crippen molar-refractivity contribution in [3.05, 3.63) is 42.3 Å². The van der Waals surface area contributed by atoms with Gasteiger partial charge in [-0.2, -0.15) is 0 Å². The average molecular weight is 374 g/mol. The maximum atomic E-state index is 12.7. The molecule has 1 saturated heterocycles. The molecule has 0 saturated carbocycles. The fraction of sp³-hybridized carbons (Fsp3) is 0.500. The Balaban J connectivity index is 1.50. The topological polar surface area (TPSA) is 58.4 Å². The number of oxazole rings is 1. The summed E-state index contributed by atoms with van der Waals surface area (Å²) in [7, 11) is 0. The molecule has 1 aromatic carbocycles. The van der Waals surface area contributed by atoms with Gasteiger partial charge in [0.15, 0.2) is 0 Å². The van der Waals surface area contributed by atoms with Crippen LogP contribution in [0.1, 0.15) is 31.9 Å². The van der Waals surface area contributed by atoms with Crippen molar-refractivity contribution in [1.29, 1.82) is 0 Å². The number of carbonyl (C=O) groups excluding carboxylic acids is 1. The van der Waals surface area contributed by atoms with Gasteiger partial charge in [0, 0.05) is 23.9 Å². The monoisotopic (exact) mass is 373 g/mol. The number of thioether (sulfide) groups is 1. The summed E-state index contributed by atoms with van der Waals surface area (Å²) in [6, 6.07) is 10.3. The van der Waals surface area contributed by atoms with Gasteiger partial charge in [-0.3, -0.25) is 4.79 Å². The Morgan fingerprint density at radius 3 is 2.81 bits per heavy atom. The first-order valence-electron chi connectivity index (χ1n) is 9.35. The maximum Gasteiger partial charge on any atom is 0.232 e. The summed E-state index contributed by atoms with van der Waals surface area (Å²) in [5.74, 6) is 2.07. The van der Waals surface area contributed by atoms with Crippen LogP contribution in [0.2, 0.25) is 0 Å². The molecule has 1 aliphatic heterocycles. The Morgan fingerprint density at radius 1 is 1.31 bits per heavy atom. The van der Waals surface area contributed by atoms with Crippen LogP contribution in [0.3, 0.4) is 0 Å². The van der Waals surface area contributed by atoms with E-state index in [9.17, 15) is 4.79 Å². The van der Waals surface area contributed by atoms with Crippen LogP contribution < -0.4 is 5.32 Å². The Hall–Kier alpha value is -1.79. The van der Waals surface area contributed by atoms with Gasteiger partial charge in [0.2, 0.25) is 11.8 Å². The molecule has 0 unspecified atom stereocenters. The van der Waals surface area contributed by atoms with Crippen molar-refractivity contribution >= 4 is 17.7 Å². The zero-order chi connectivity index (χ0) is 18.2. The summed E-state index contributed by atoms with van der Waals surface area (Å²) in [5, 5.41) is 3.37. The van der Waals surface area contributed by atoms with Crippen molar-refractivity contribution in [2.24, 2.45) is 0 Å². The lowest BCUT2D eigenvalue weighted by Gasteiger charge is -2.34. The number of piperidine rings is 1. The summed E-state index contributed by atoms with van der Waals surface area (Å²) in [6.07, 6.45) is 4.81. The minimum Gasteiger partial charge on any atom is -0.444 e. The van der Waals surface area contributed by atoms with Gasteiger partial charge in [-0.25, -0.2) is 4.98 Å². The molecule has 2 heterocycles. The number of hydrogen-bond acceptors (Lipinski definition) is 5. The highest BCUT2D eigenvalue weighted by Gasteiger charge is 2.24. The third-order valence-corrected chi connectivity index (χ3v) is 5.53.